The number of imidazole rings is 1. The van der Waals surface area contributed by atoms with E-state index in [1.807, 2.05) is 22.1 Å². The van der Waals surface area contributed by atoms with Gasteiger partial charge in [0.05, 0.1) is 31.6 Å². The molecule has 0 bridgehead atoms. The molecule has 9 N–H and O–H groups in total. The molecule has 0 aromatic carbocycles. The molecule has 2 saturated heterocycles. The molecule has 0 amide bonds. The number of ether oxygens (including phenoxy) is 4. The van der Waals surface area contributed by atoms with Crippen LogP contribution in [0.15, 0.2) is 41.4 Å². The fourth-order valence-corrected chi connectivity index (χ4v) is 10.1. The molecule has 21 heteroatoms. The predicted molar refractivity (Wildman–Crippen MR) is 275 cm³/mol. The van der Waals surface area contributed by atoms with Crippen molar-refractivity contribution in [3.05, 3.63) is 67.6 Å². The van der Waals surface area contributed by atoms with Gasteiger partial charge in [0, 0.05) is 34.6 Å². The minimum Gasteiger partial charge on any atom is -0.478 e. The van der Waals surface area contributed by atoms with Gasteiger partial charge in [-0.05, 0) is 42.5 Å². The standard InChI is InChI=1S/C30H56O12.C21H22N2O4S2.Mg.2H/c1-2-3-4-5-6-7-8-9-10-11-12-13-14-15-16-17-22(33)41-28-24(35)23(34)20(18-31)40-30(28)42-27-21(19-32)39-29(38)26(37)25(27)36;1-2-3-6-19-22-12-15(10-14(20(24)25)11-16-5-4-9-28-16)23(19)13-17-7-8-18(29-17)21(26)27;;;/h20-21,23-32,34-38H,2-19H2,1H3;4-5,7-10,12H,2-3,6,11,13H2,1H3,(H,24,25)(H,26,27);;;/b;14-10+;;;/t20-,21-,23+,24+,25-,26-,27-,28-,29-,30+;;;;/m1..../s1. The summed E-state index contributed by atoms with van der Waals surface area (Å²) >= 11 is 2.75. The maximum Gasteiger partial charge on any atom is 0.345 e. The lowest BCUT2D eigenvalue weighted by Gasteiger charge is -2.46. The van der Waals surface area contributed by atoms with Crippen molar-refractivity contribution in [1.82, 2.24) is 9.55 Å². The molecule has 2 fully saturated rings. The number of unbranched alkanes of at least 4 members (excludes halogenated alkanes) is 15. The summed E-state index contributed by atoms with van der Waals surface area (Å²) in [6.07, 6.45) is 8.79. The quantitative estimate of drug-likeness (QED) is 0.0171. The van der Waals surface area contributed by atoms with Crippen LogP contribution in [0.4, 0.5) is 0 Å². The van der Waals surface area contributed by atoms with E-state index in [0.29, 0.717) is 25.0 Å². The summed E-state index contributed by atoms with van der Waals surface area (Å²) in [4.78, 5) is 42.3. The third-order valence-electron chi connectivity index (χ3n) is 12.7. The van der Waals surface area contributed by atoms with Crippen molar-refractivity contribution in [2.45, 2.75) is 210 Å². The predicted octanol–water partition coefficient (Wildman–Crippen LogP) is 5.30. The number of aliphatic hydroxyl groups is 7. The first-order valence-electron chi connectivity index (χ1n) is 25.3. The number of aryl methyl sites for hydroxylation is 1. The van der Waals surface area contributed by atoms with Crippen molar-refractivity contribution in [3.63, 3.8) is 0 Å². The molecule has 18 nitrogen and oxygen atoms in total. The lowest BCUT2D eigenvalue weighted by atomic mass is 9.97. The number of thiophene rings is 2. The Hall–Kier alpha value is -2.87. The normalized spacial score (nSPS) is 24.3. The third kappa shape index (κ3) is 20.7. The SMILES string of the molecule is CCCCCCCCCCCCCCCCCC(=O)O[C@H]1[C@H](O[C@H]2[C@H](O)[C@@H](O)[C@H](O)O[C@@H]2CO)O[C@H](CO)[C@H](O)[C@@H]1O.CCCCc1ncc(/C=C(\Cc2cccs2)C(=O)O)n1Cc1ccc(C(=O)O)s1.[MgH2]. The monoisotopic (exact) mass is 1060 g/mol. The number of nitrogens with zero attached hydrogens (tertiary/aromatic N) is 2. The molecule has 5 heterocycles. The van der Waals surface area contributed by atoms with Crippen LogP contribution in [0.3, 0.4) is 0 Å². The number of carbonyl (C=O) groups is 3. The number of aromatic nitrogens is 2. The van der Waals surface area contributed by atoms with Crippen molar-refractivity contribution in [2.75, 3.05) is 13.2 Å². The third-order valence-corrected chi connectivity index (χ3v) is 14.6. The van der Waals surface area contributed by atoms with Gasteiger partial charge in [-0.25, -0.2) is 14.6 Å². The Labute approximate surface area is 447 Å². The summed E-state index contributed by atoms with van der Waals surface area (Å²) in [6.45, 7) is 3.43. The maximum absolute atomic E-state index is 12.6. The van der Waals surface area contributed by atoms with Crippen LogP contribution >= 0.6 is 22.7 Å². The second kappa shape index (κ2) is 34.6. The zero-order valence-corrected chi connectivity index (χ0v) is 42.8. The topological polar surface area (TPSA) is 288 Å². The van der Waals surface area contributed by atoms with Crippen molar-refractivity contribution < 1.29 is 79.3 Å². The highest BCUT2D eigenvalue weighted by molar-refractivity contribution is 7.13. The molecule has 5 rings (SSSR count). The van der Waals surface area contributed by atoms with Crippen LogP contribution in [0, 0.1) is 0 Å². The number of carboxylic acids is 2. The summed E-state index contributed by atoms with van der Waals surface area (Å²) in [6, 6.07) is 7.23. The molecule has 0 aliphatic carbocycles. The van der Waals surface area contributed by atoms with E-state index < -0.39 is 92.5 Å². The van der Waals surface area contributed by atoms with E-state index in [0.717, 1.165) is 59.8 Å². The minimum atomic E-state index is -1.77. The van der Waals surface area contributed by atoms with Crippen LogP contribution in [0.5, 0.6) is 0 Å². The molecule has 0 unspecified atom stereocenters. The van der Waals surface area contributed by atoms with Gasteiger partial charge in [0.15, 0.2) is 18.7 Å². The molecule has 404 valence electrons. The number of hydrogen-bond acceptors (Lipinski definition) is 17. The van der Waals surface area contributed by atoms with E-state index in [-0.39, 0.29) is 34.4 Å². The Bertz CT molecular complexity index is 2010. The highest BCUT2D eigenvalue weighted by Crippen LogP contribution is 2.31. The van der Waals surface area contributed by atoms with Crippen LogP contribution in [0.1, 0.15) is 160 Å². The highest BCUT2D eigenvalue weighted by Gasteiger charge is 2.52. The van der Waals surface area contributed by atoms with Crippen molar-refractivity contribution in [2.24, 2.45) is 0 Å². The smallest absolute Gasteiger partial charge is 0.345 e. The summed E-state index contributed by atoms with van der Waals surface area (Å²) in [5, 5.41) is 91.0. The Balaban J connectivity index is 0.000000399. The molecule has 0 saturated carbocycles. The van der Waals surface area contributed by atoms with Gasteiger partial charge in [-0.15, -0.1) is 22.7 Å². The van der Waals surface area contributed by atoms with Crippen molar-refractivity contribution in [3.8, 4) is 0 Å². The average Bonchev–Trinajstić information content (AvgIpc) is 4.14. The van der Waals surface area contributed by atoms with Crippen LogP contribution in [-0.2, 0) is 47.9 Å². The van der Waals surface area contributed by atoms with Gasteiger partial charge < -0.3 is 69.5 Å². The van der Waals surface area contributed by atoms with Gasteiger partial charge in [-0.1, -0.05) is 116 Å². The molecule has 10 atom stereocenters. The minimum absolute atomic E-state index is 0. The van der Waals surface area contributed by atoms with Crippen molar-refractivity contribution in [1.29, 1.82) is 0 Å². The molecule has 3 aromatic rings. The Kier molecular flexibility index (Phi) is 30.5. The number of aliphatic carboxylic acids is 1. The molecular formula is C51H80MgN2O16S2. The van der Waals surface area contributed by atoms with Gasteiger partial charge in [-0.3, -0.25) is 4.79 Å². The molecule has 2 aliphatic rings. The summed E-state index contributed by atoms with van der Waals surface area (Å²) in [5.74, 6) is -1.66. The van der Waals surface area contributed by atoms with Gasteiger partial charge in [0.25, 0.3) is 0 Å². The first-order valence-corrected chi connectivity index (χ1v) is 27.0. The van der Waals surface area contributed by atoms with Gasteiger partial charge >= 0.3 is 41.0 Å². The Morgan fingerprint density at radius 2 is 1.32 bits per heavy atom. The van der Waals surface area contributed by atoms with E-state index in [1.54, 1.807) is 24.4 Å². The van der Waals surface area contributed by atoms with Gasteiger partial charge in [0.1, 0.15) is 53.4 Å². The Morgan fingerprint density at radius 3 is 1.86 bits per heavy atom. The molecular weight excluding hydrogens is 985 g/mol. The second-order valence-electron chi connectivity index (χ2n) is 18.3. The van der Waals surface area contributed by atoms with Crippen LogP contribution in [-0.4, -0.2) is 171 Å². The van der Waals surface area contributed by atoms with Crippen molar-refractivity contribution >= 4 is 69.7 Å². The van der Waals surface area contributed by atoms with E-state index in [1.165, 1.54) is 93.3 Å². The number of rotatable bonds is 31. The molecule has 3 aromatic heterocycles. The lowest BCUT2D eigenvalue weighted by molar-refractivity contribution is -0.355. The lowest BCUT2D eigenvalue weighted by Crippen LogP contribution is -2.65. The fraction of sp³-hybridized carbons (Fsp3) is 0.686. The van der Waals surface area contributed by atoms with Crippen LogP contribution < -0.4 is 0 Å². The van der Waals surface area contributed by atoms with Gasteiger partial charge in [-0.2, -0.15) is 0 Å². The number of esters is 1. The van der Waals surface area contributed by atoms with E-state index in [4.69, 9.17) is 24.1 Å². The number of carbonyl (C=O) groups excluding carboxylic acids is 1. The number of hydrogen-bond donors (Lipinski definition) is 9. The fourth-order valence-electron chi connectivity index (χ4n) is 8.50. The zero-order chi connectivity index (χ0) is 51.7. The molecule has 0 spiro atoms. The zero-order valence-electron chi connectivity index (χ0n) is 41.2. The molecule has 2 aliphatic heterocycles. The largest absolute Gasteiger partial charge is 0.478 e. The molecule has 72 heavy (non-hydrogen) atoms. The first kappa shape index (κ1) is 63.4. The van der Waals surface area contributed by atoms with Gasteiger partial charge in [0.2, 0.25) is 0 Å². The van der Waals surface area contributed by atoms with E-state index in [2.05, 4.69) is 18.8 Å². The van der Waals surface area contributed by atoms with E-state index >= 15 is 0 Å². The average molecular weight is 1070 g/mol. The van der Waals surface area contributed by atoms with Crippen LogP contribution in [0.25, 0.3) is 6.08 Å². The highest BCUT2D eigenvalue weighted by atomic mass is 32.1. The Morgan fingerprint density at radius 1 is 0.722 bits per heavy atom. The number of aliphatic hydroxyl groups excluding tert-OH is 7. The first-order chi connectivity index (χ1) is 34.2. The van der Waals surface area contributed by atoms with E-state index in [9.17, 15) is 55.2 Å². The molecule has 0 radical (unpaired) electrons. The summed E-state index contributed by atoms with van der Waals surface area (Å²) in [7, 11) is 0. The van der Waals surface area contributed by atoms with Crippen LogP contribution in [0.2, 0.25) is 0 Å². The number of carboxylic acid groups (broad SMARTS) is 2. The summed E-state index contributed by atoms with van der Waals surface area (Å²) in [5.41, 5.74) is 1.02. The second-order valence-corrected chi connectivity index (χ2v) is 20.5. The number of aromatic carboxylic acids is 1. The summed E-state index contributed by atoms with van der Waals surface area (Å²) < 4.78 is 23.7. The maximum atomic E-state index is 12.6.